The van der Waals surface area contributed by atoms with Gasteiger partial charge in [0.05, 0.1) is 0 Å². The minimum atomic E-state index is -1.27. The van der Waals surface area contributed by atoms with Crippen LogP contribution in [0.1, 0.15) is 41.5 Å². The molecule has 0 bridgehead atoms. The van der Waals surface area contributed by atoms with Crippen molar-refractivity contribution in [3.05, 3.63) is 12.7 Å². The van der Waals surface area contributed by atoms with E-state index in [4.69, 9.17) is 0 Å². The molecular formula is C11H28N4Si. The molecule has 0 spiro atoms. The molecule has 0 heterocycles. The summed E-state index contributed by atoms with van der Waals surface area (Å²) in [7, 11) is -1.27. The summed E-state index contributed by atoms with van der Waals surface area (Å²) in [5.41, 5.74) is 6.77. The quantitative estimate of drug-likeness (QED) is 0.322. The van der Waals surface area contributed by atoms with Gasteiger partial charge in [-0.15, -0.1) is 6.58 Å². The number of nitrogens with one attached hydrogen (secondary N) is 4. The minimum Gasteiger partial charge on any atom is -0.265 e. The lowest BCUT2D eigenvalue weighted by atomic mass is 10.1. The molecule has 0 saturated heterocycles. The summed E-state index contributed by atoms with van der Waals surface area (Å²) in [5, 5.41) is 6.75. The van der Waals surface area contributed by atoms with Crippen molar-refractivity contribution in [2.24, 2.45) is 0 Å². The maximum absolute atomic E-state index is 3.79. The molecule has 0 aliphatic heterocycles. The van der Waals surface area contributed by atoms with E-state index in [2.05, 4.69) is 69.2 Å². The Balaban J connectivity index is 4.02. The highest BCUT2D eigenvalue weighted by molar-refractivity contribution is 6.53. The number of hydrogen-bond acceptors (Lipinski definition) is 4. The zero-order valence-electron chi connectivity index (χ0n) is 11.6. The lowest BCUT2D eigenvalue weighted by Crippen LogP contribution is -2.63. The Morgan fingerprint density at radius 1 is 0.938 bits per heavy atom. The van der Waals surface area contributed by atoms with E-state index < -0.39 is 9.12 Å². The molecule has 0 radical (unpaired) electrons. The van der Waals surface area contributed by atoms with E-state index in [0.29, 0.717) is 0 Å². The molecule has 0 aromatic heterocycles. The van der Waals surface area contributed by atoms with Crippen LogP contribution < -0.4 is 21.0 Å². The van der Waals surface area contributed by atoms with Crippen LogP contribution in [0.5, 0.6) is 0 Å². The average Bonchev–Trinajstić information content (AvgIpc) is 2.07. The van der Waals surface area contributed by atoms with E-state index in [9.17, 15) is 0 Å². The molecule has 5 heteroatoms. The lowest BCUT2D eigenvalue weighted by molar-refractivity contribution is 0.382. The number of hydrazine groups is 2. The second kappa shape index (κ2) is 6.51. The summed E-state index contributed by atoms with van der Waals surface area (Å²) >= 11 is 0. The number of rotatable bonds is 6. The first-order valence-electron chi connectivity index (χ1n) is 5.80. The van der Waals surface area contributed by atoms with Crippen molar-refractivity contribution in [2.45, 2.75) is 58.7 Å². The molecule has 0 unspecified atom stereocenters. The summed E-state index contributed by atoms with van der Waals surface area (Å²) in [5.74, 6) is 0. The Morgan fingerprint density at radius 2 is 1.31 bits per heavy atom. The van der Waals surface area contributed by atoms with Gasteiger partial charge in [0.15, 0.2) is 0 Å². The fraction of sp³-hybridized carbons (Fsp3) is 0.818. The lowest BCUT2D eigenvalue weighted by Gasteiger charge is -2.29. The SMILES string of the molecule is C=CC[SiH](NNC(C)(C)C)NNC(C)(C)C. The summed E-state index contributed by atoms with van der Waals surface area (Å²) < 4.78 is 0. The number of hydrogen-bond donors (Lipinski definition) is 4. The van der Waals surface area contributed by atoms with Gasteiger partial charge in [-0.05, 0) is 47.6 Å². The van der Waals surface area contributed by atoms with Crippen LogP contribution in [0, 0.1) is 0 Å². The van der Waals surface area contributed by atoms with E-state index in [-0.39, 0.29) is 11.1 Å². The molecule has 4 N–H and O–H groups in total. The largest absolute Gasteiger partial charge is 0.265 e. The van der Waals surface area contributed by atoms with Crippen LogP contribution in [-0.4, -0.2) is 20.2 Å². The topological polar surface area (TPSA) is 48.1 Å². The maximum Gasteiger partial charge on any atom is 0.215 e. The highest BCUT2D eigenvalue weighted by Gasteiger charge is 2.16. The standard InChI is InChI=1S/C11H28N4Si/c1-8-9-16(14-12-10(2,3)4)15-13-11(5,6)7/h8,12-16H,1,9H2,2-7H3. The van der Waals surface area contributed by atoms with Crippen molar-refractivity contribution in [1.29, 1.82) is 0 Å². The summed E-state index contributed by atoms with van der Waals surface area (Å²) in [6.45, 7) is 16.6. The van der Waals surface area contributed by atoms with Gasteiger partial charge in [-0.2, -0.15) is 0 Å². The number of allylic oxidation sites excluding steroid dienone is 1. The molecule has 0 rings (SSSR count). The van der Waals surface area contributed by atoms with Crippen molar-refractivity contribution < 1.29 is 0 Å². The Kier molecular flexibility index (Phi) is 6.43. The van der Waals surface area contributed by atoms with Crippen LogP contribution in [0.15, 0.2) is 12.7 Å². The second-order valence-corrected chi connectivity index (χ2v) is 8.27. The van der Waals surface area contributed by atoms with Crippen LogP contribution in [0.4, 0.5) is 0 Å². The molecule has 0 fully saturated rings. The summed E-state index contributed by atoms with van der Waals surface area (Å²) in [4.78, 5) is 0. The normalized spacial score (nSPS) is 13.2. The predicted octanol–water partition coefficient (Wildman–Crippen LogP) is 1.18. The van der Waals surface area contributed by atoms with E-state index >= 15 is 0 Å². The van der Waals surface area contributed by atoms with E-state index in [1.807, 2.05) is 6.08 Å². The molecular weight excluding hydrogens is 216 g/mol. The smallest absolute Gasteiger partial charge is 0.215 e. The molecule has 0 aromatic rings. The van der Waals surface area contributed by atoms with Gasteiger partial charge in [-0.25, -0.2) is 0 Å². The monoisotopic (exact) mass is 244 g/mol. The Labute approximate surface area is 102 Å². The van der Waals surface area contributed by atoms with Crippen LogP contribution in [0.3, 0.4) is 0 Å². The van der Waals surface area contributed by atoms with Crippen molar-refractivity contribution in [3.8, 4) is 0 Å². The minimum absolute atomic E-state index is 0.0792. The van der Waals surface area contributed by atoms with Crippen LogP contribution >= 0.6 is 0 Å². The van der Waals surface area contributed by atoms with Gasteiger partial charge in [-0.1, -0.05) is 6.08 Å². The van der Waals surface area contributed by atoms with Crippen molar-refractivity contribution >= 4 is 9.12 Å². The Morgan fingerprint density at radius 3 is 1.56 bits per heavy atom. The van der Waals surface area contributed by atoms with Gasteiger partial charge >= 0.3 is 0 Å². The zero-order valence-corrected chi connectivity index (χ0v) is 12.7. The fourth-order valence-corrected chi connectivity index (χ4v) is 2.78. The summed E-state index contributed by atoms with van der Waals surface area (Å²) in [6, 6.07) is 0.978. The maximum atomic E-state index is 3.79. The molecule has 0 atom stereocenters. The van der Waals surface area contributed by atoms with Gasteiger partial charge in [0.1, 0.15) is 0 Å². The third-order valence-electron chi connectivity index (χ3n) is 1.65. The Bertz CT molecular complexity index is 187. The predicted molar refractivity (Wildman–Crippen MR) is 74.2 cm³/mol. The zero-order chi connectivity index (χ0) is 12.8. The molecule has 96 valence electrons. The van der Waals surface area contributed by atoms with Crippen LogP contribution in [0.2, 0.25) is 6.04 Å². The van der Waals surface area contributed by atoms with Gasteiger partial charge < -0.3 is 0 Å². The first kappa shape index (κ1) is 15.8. The Hall–Kier alpha value is -0.203. The summed E-state index contributed by atoms with van der Waals surface area (Å²) in [6.07, 6.45) is 1.95. The van der Waals surface area contributed by atoms with Gasteiger partial charge in [0.25, 0.3) is 0 Å². The molecule has 0 saturated carbocycles. The van der Waals surface area contributed by atoms with Gasteiger partial charge in [0, 0.05) is 11.1 Å². The van der Waals surface area contributed by atoms with Gasteiger partial charge in [0.2, 0.25) is 9.12 Å². The molecule has 0 aliphatic carbocycles. The third-order valence-corrected chi connectivity index (χ3v) is 3.44. The fourth-order valence-electron chi connectivity index (χ4n) is 0.928. The first-order chi connectivity index (χ1) is 7.14. The van der Waals surface area contributed by atoms with Gasteiger partial charge in [-0.3, -0.25) is 21.0 Å². The van der Waals surface area contributed by atoms with Crippen LogP contribution in [-0.2, 0) is 0 Å². The van der Waals surface area contributed by atoms with E-state index in [1.54, 1.807) is 0 Å². The first-order valence-corrected chi connectivity index (χ1v) is 7.77. The highest BCUT2D eigenvalue weighted by atomic mass is 28.3. The molecule has 0 aromatic carbocycles. The molecule has 4 nitrogen and oxygen atoms in total. The molecule has 16 heavy (non-hydrogen) atoms. The van der Waals surface area contributed by atoms with Crippen molar-refractivity contribution in [2.75, 3.05) is 0 Å². The molecule has 0 aliphatic rings. The van der Waals surface area contributed by atoms with Crippen molar-refractivity contribution in [3.63, 3.8) is 0 Å². The molecule has 0 amide bonds. The highest BCUT2D eigenvalue weighted by Crippen LogP contribution is 1.98. The third kappa shape index (κ3) is 10.3. The van der Waals surface area contributed by atoms with Crippen LogP contribution in [0.25, 0.3) is 0 Å². The van der Waals surface area contributed by atoms with E-state index in [1.165, 1.54) is 0 Å². The van der Waals surface area contributed by atoms with E-state index in [0.717, 1.165) is 6.04 Å². The second-order valence-electron chi connectivity index (χ2n) is 6.12. The van der Waals surface area contributed by atoms with Crippen molar-refractivity contribution in [1.82, 2.24) is 21.0 Å². The average molecular weight is 244 g/mol.